The maximum Gasteiger partial charge on any atom is 0.250 e. The molecule has 3 rings (SSSR count). The van der Waals surface area contributed by atoms with Crippen molar-refractivity contribution in [1.29, 1.82) is 0 Å². The van der Waals surface area contributed by atoms with Gasteiger partial charge in [-0.15, -0.1) is 0 Å². The van der Waals surface area contributed by atoms with Crippen LogP contribution in [-0.2, 0) is 14.4 Å². The average molecular weight is 471 g/mol. The number of benzene rings is 1. The SMILES string of the molecule is CCCCNC(=O)CN1CN(c2ccccc2)C2(CCN(C(=O)C(CC)CCCC)CC2)C1=O. The predicted octanol–water partition coefficient (Wildman–Crippen LogP) is 3.79. The van der Waals surface area contributed by atoms with Gasteiger partial charge in [-0.25, -0.2) is 0 Å². The molecule has 1 unspecified atom stereocenters. The summed E-state index contributed by atoms with van der Waals surface area (Å²) in [6.45, 7) is 8.59. The monoisotopic (exact) mass is 470 g/mol. The second-order valence-electron chi connectivity index (χ2n) is 9.72. The number of carbonyl (C=O) groups excluding carboxylic acids is 3. The summed E-state index contributed by atoms with van der Waals surface area (Å²) in [6.07, 6.45) is 7.07. The lowest BCUT2D eigenvalue weighted by Gasteiger charge is -2.44. The molecule has 7 heteroatoms. The molecule has 1 atom stereocenters. The van der Waals surface area contributed by atoms with Gasteiger partial charge in [-0.1, -0.05) is 58.2 Å². The normalized spacial score (nSPS) is 18.4. The summed E-state index contributed by atoms with van der Waals surface area (Å²) in [4.78, 5) is 45.2. The van der Waals surface area contributed by atoms with E-state index in [1.54, 1.807) is 4.90 Å². The van der Waals surface area contributed by atoms with E-state index in [9.17, 15) is 14.4 Å². The molecule has 2 heterocycles. The Hall–Kier alpha value is -2.57. The summed E-state index contributed by atoms with van der Waals surface area (Å²) in [5, 5.41) is 2.93. The molecule has 1 aromatic carbocycles. The van der Waals surface area contributed by atoms with Crippen molar-refractivity contribution in [2.24, 2.45) is 5.92 Å². The zero-order valence-corrected chi connectivity index (χ0v) is 21.2. The van der Waals surface area contributed by atoms with Crippen molar-refractivity contribution in [3.8, 4) is 0 Å². The summed E-state index contributed by atoms with van der Waals surface area (Å²) in [5.74, 6) is 0.199. The zero-order chi connectivity index (χ0) is 24.6. The van der Waals surface area contributed by atoms with Gasteiger partial charge in [0.1, 0.15) is 12.1 Å². The standard InChI is InChI=1S/C27H42N4O3/c1-4-7-12-22(6-3)25(33)29-18-15-27(16-19-29)26(34)30(20-24(32)28-17-8-5-2)21-31(27)23-13-10-9-11-14-23/h9-11,13-14,22H,4-8,12,15-21H2,1-3H3,(H,28,32). The summed E-state index contributed by atoms with van der Waals surface area (Å²) >= 11 is 0. The van der Waals surface area contributed by atoms with E-state index in [-0.39, 0.29) is 30.2 Å². The van der Waals surface area contributed by atoms with Crippen molar-refractivity contribution in [1.82, 2.24) is 15.1 Å². The summed E-state index contributed by atoms with van der Waals surface area (Å²) in [7, 11) is 0. The number of para-hydroxylation sites is 1. The van der Waals surface area contributed by atoms with Crippen molar-refractivity contribution in [2.45, 2.75) is 77.7 Å². The van der Waals surface area contributed by atoms with E-state index in [1.165, 1.54) is 0 Å². The number of carbonyl (C=O) groups is 3. The van der Waals surface area contributed by atoms with Crippen LogP contribution in [0.2, 0.25) is 0 Å². The van der Waals surface area contributed by atoms with E-state index in [2.05, 4.69) is 31.0 Å². The summed E-state index contributed by atoms with van der Waals surface area (Å²) in [5.41, 5.74) is 0.284. The van der Waals surface area contributed by atoms with Gasteiger partial charge in [-0.3, -0.25) is 14.4 Å². The highest BCUT2D eigenvalue weighted by Gasteiger charge is 2.54. The molecule has 188 valence electrons. The van der Waals surface area contributed by atoms with Crippen LogP contribution < -0.4 is 10.2 Å². The van der Waals surface area contributed by atoms with Crippen LogP contribution in [0.3, 0.4) is 0 Å². The smallest absolute Gasteiger partial charge is 0.250 e. The van der Waals surface area contributed by atoms with Gasteiger partial charge in [-0.05, 0) is 44.2 Å². The first-order chi connectivity index (χ1) is 16.5. The fourth-order valence-electron chi connectivity index (χ4n) is 5.26. The molecule has 2 fully saturated rings. The van der Waals surface area contributed by atoms with Crippen molar-refractivity contribution < 1.29 is 14.4 Å². The molecule has 0 radical (unpaired) electrons. The molecule has 3 amide bonds. The fraction of sp³-hybridized carbons (Fsp3) is 0.667. The topological polar surface area (TPSA) is 73.0 Å². The number of nitrogens with zero attached hydrogens (tertiary/aromatic N) is 3. The number of rotatable bonds is 11. The van der Waals surface area contributed by atoms with Gasteiger partial charge in [0.15, 0.2) is 0 Å². The molecule has 1 N–H and O–H groups in total. The number of piperidine rings is 1. The van der Waals surface area contributed by atoms with E-state index >= 15 is 0 Å². The van der Waals surface area contributed by atoms with E-state index in [0.717, 1.165) is 44.2 Å². The molecule has 2 aliphatic heterocycles. The molecule has 7 nitrogen and oxygen atoms in total. The highest BCUT2D eigenvalue weighted by atomic mass is 16.2. The quantitative estimate of drug-likeness (QED) is 0.500. The number of nitrogens with one attached hydrogen (secondary N) is 1. The first kappa shape index (κ1) is 26.0. The number of hydrogen-bond acceptors (Lipinski definition) is 4. The Morgan fingerprint density at radius 3 is 2.32 bits per heavy atom. The van der Waals surface area contributed by atoms with Gasteiger partial charge in [0.25, 0.3) is 5.91 Å². The predicted molar refractivity (Wildman–Crippen MR) is 135 cm³/mol. The van der Waals surface area contributed by atoms with Crippen LogP contribution in [0.4, 0.5) is 5.69 Å². The Morgan fingerprint density at radius 2 is 1.71 bits per heavy atom. The second-order valence-corrected chi connectivity index (χ2v) is 9.72. The van der Waals surface area contributed by atoms with Crippen LogP contribution in [0.1, 0.15) is 72.1 Å². The maximum atomic E-state index is 13.7. The molecule has 0 aromatic heterocycles. The minimum atomic E-state index is -0.701. The lowest BCUT2D eigenvalue weighted by atomic mass is 9.84. The first-order valence-corrected chi connectivity index (χ1v) is 13.1. The molecule has 2 aliphatic rings. The van der Waals surface area contributed by atoms with E-state index in [1.807, 2.05) is 35.2 Å². The summed E-state index contributed by atoms with van der Waals surface area (Å²) < 4.78 is 0. The lowest BCUT2D eigenvalue weighted by molar-refractivity contribution is -0.142. The van der Waals surface area contributed by atoms with Gasteiger partial charge in [0, 0.05) is 31.2 Å². The Balaban J connectivity index is 1.74. The highest BCUT2D eigenvalue weighted by Crippen LogP contribution is 2.39. The van der Waals surface area contributed by atoms with Gasteiger partial charge in [-0.2, -0.15) is 0 Å². The number of hydrogen-bond donors (Lipinski definition) is 1. The number of anilines is 1. The Labute approximate surface area is 204 Å². The minimum Gasteiger partial charge on any atom is -0.355 e. The molecule has 0 aliphatic carbocycles. The van der Waals surface area contributed by atoms with Crippen molar-refractivity contribution >= 4 is 23.4 Å². The third-order valence-electron chi connectivity index (χ3n) is 7.42. The Bertz CT molecular complexity index is 820. The third-order valence-corrected chi connectivity index (χ3v) is 7.42. The average Bonchev–Trinajstić information content (AvgIpc) is 3.11. The van der Waals surface area contributed by atoms with E-state index < -0.39 is 5.54 Å². The van der Waals surface area contributed by atoms with Crippen LogP contribution in [0.5, 0.6) is 0 Å². The van der Waals surface area contributed by atoms with Gasteiger partial charge >= 0.3 is 0 Å². The molecule has 0 bridgehead atoms. The molecule has 1 spiro atoms. The van der Waals surface area contributed by atoms with Crippen molar-refractivity contribution in [3.05, 3.63) is 30.3 Å². The van der Waals surface area contributed by atoms with Gasteiger partial charge < -0.3 is 20.0 Å². The van der Waals surface area contributed by atoms with Crippen molar-refractivity contribution in [3.63, 3.8) is 0 Å². The molecular weight excluding hydrogens is 428 g/mol. The number of unbranched alkanes of at least 4 members (excludes halogenated alkanes) is 2. The Morgan fingerprint density at radius 1 is 1.03 bits per heavy atom. The lowest BCUT2D eigenvalue weighted by Crippen LogP contribution is -2.58. The molecular formula is C27H42N4O3. The fourth-order valence-corrected chi connectivity index (χ4v) is 5.26. The zero-order valence-electron chi connectivity index (χ0n) is 21.2. The Kier molecular flexibility index (Phi) is 9.36. The van der Waals surface area contributed by atoms with Gasteiger partial charge in [0.05, 0.1) is 6.67 Å². The largest absolute Gasteiger partial charge is 0.355 e. The number of likely N-dealkylation sites (tertiary alicyclic amines) is 1. The van der Waals surface area contributed by atoms with Crippen molar-refractivity contribution in [2.75, 3.05) is 37.7 Å². The highest BCUT2D eigenvalue weighted by molar-refractivity contribution is 5.96. The number of amides is 3. The van der Waals surface area contributed by atoms with Crippen LogP contribution in [0.25, 0.3) is 0 Å². The molecule has 1 aromatic rings. The third kappa shape index (κ3) is 5.73. The first-order valence-electron chi connectivity index (χ1n) is 13.1. The van der Waals surface area contributed by atoms with E-state index in [0.29, 0.717) is 39.1 Å². The van der Waals surface area contributed by atoms with E-state index in [4.69, 9.17) is 0 Å². The molecule has 2 saturated heterocycles. The van der Waals surface area contributed by atoms with Gasteiger partial charge in [0.2, 0.25) is 11.8 Å². The molecule has 0 saturated carbocycles. The maximum absolute atomic E-state index is 13.7. The van der Waals surface area contributed by atoms with Crippen LogP contribution >= 0.6 is 0 Å². The minimum absolute atomic E-state index is 0.00659. The van der Waals surface area contributed by atoms with Crippen LogP contribution in [0, 0.1) is 5.92 Å². The van der Waals surface area contributed by atoms with Crippen LogP contribution in [0.15, 0.2) is 30.3 Å². The van der Waals surface area contributed by atoms with Crippen LogP contribution in [-0.4, -0.2) is 65.9 Å². The second kappa shape index (κ2) is 12.2. The summed E-state index contributed by atoms with van der Waals surface area (Å²) in [6, 6.07) is 9.97. The molecule has 34 heavy (non-hydrogen) atoms.